The van der Waals surface area contributed by atoms with Crippen LogP contribution >= 0.6 is 0 Å². The molecule has 0 radical (unpaired) electrons. The maximum absolute atomic E-state index is 12.3. The average Bonchev–Trinajstić information content (AvgIpc) is 2.97. The zero-order valence-corrected chi connectivity index (χ0v) is 18.2. The summed E-state index contributed by atoms with van der Waals surface area (Å²) in [6.07, 6.45) is 2.07. The Morgan fingerprint density at radius 3 is 2.53 bits per heavy atom. The summed E-state index contributed by atoms with van der Waals surface area (Å²) in [4.78, 5) is 20.6. The van der Waals surface area contributed by atoms with E-state index in [1.165, 1.54) is 10.6 Å². The molecule has 160 valence electrons. The molecule has 0 spiro atoms. The van der Waals surface area contributed by atoms with E-state index in [4.69, 9.17) is 9.26 Å². The van der Waals surface area contributed by atoms with Gasteiger partial charge in [0.2, 0.25) is 10.0 Å². The number of aromatic nitrogens is 4. The van der Waals surface area contributed by atoms with Gasteiger partial charge in [0.05, 0.1) is 11.4 Å². The first-order chi connectivity index (χ1) is 14.1. The molecule has 0 unspecified atom stereocenters. The molecule has 3 aromatic rings. The van der Waals surface area contributed by atoms with Crippen LogP contribution in [0, 0.1) is 20.8 Å². The summed E-state index contributed by atoms with van der Waals surface area (Å²) in [5, 5.41) is 3.83. The molecule has 3 rings (SSSR count). The van der Waals surface area contributed by atoms with Crippen molar-refractivity contribution in [3.63, 3.8) is 0 Å². The maximum atomic E-state index is 12.3. The Morgan fingerprint density at radius 1 is 1.20 bits per heavy atom. The monoisotopic (exact) mass is 433 g/mol. The molecule has 3 aromatic heterocycles. The zero-order valence-electron chi connectivity index (χ0n) is 17.4. The molecule has 3 heterocycles. The van der Waals surface area contributed by atoms with Crippen molar-refractivity contribution in [1.29, 1.82) is 0 Å². The normalized spacial score (nSPS) is 11.5. The molecule has 0 saturated carbocycles. The van der Waals surface area contributed by atoms with Crippen LogP contribution < -0.4 is 15.0 Å². The molecule has 1 N–H and O–H groups in total. The molecule has 0 aliphatic heterocycles. The Balaban J connectivity index is 2.12. The fourth-order valence-corrected chi connectivity index (χ4v) is 3.94. The molecule has 0 amide bonds. The quantitative estimate of drug-likeness (QED) is 0.602. The highest BCUT2D eigenvalue weighted by Crippen LogP contribution is 2.29. The van der Waals surface area contributed by atoms with Crippen LogP contribution in [0.15, 0.2) is 27.6 Å². The van der Waals surface area contributed by atoms with Crippen LogP contribution in [0.4, 0.5) is 5.82 Å². The molecule has 0 saturated heterocycles. The number of aryl methyl sites for hydroxylation is 4. The lowest BCUT2D eigenvalue weighted by Crippen LogP contribution is -2.19. The van der Waals surface area contributed by atoms with Gasteiger partial charge in [0.25, 0.3) is 5.56 Å². The first-order valence-electron chi connectivity index (χ1n) is 9.27. The lowest BCUT2D eigenvalue weighted by molar-refractivity contribution is 0.379. The van der Waals surface area contributed by atoms with E-state index in [1.807, 2.05) is 0 Å². The minimum Gasteiger partial charge on any atom is -0.418 e. The van der Waals surface area contributed by atoms with Crippen molar-refractivity contribution in [2.75, 3.05) is 10.5 Å². The third-order valence-electron chi connectivity index (χ3n) is 4.26. The van der Waals surface area contributed by atoms with Gasteiger partial charge < -0.3 is 13.8 Å². The summed E-state index contributed by atoms with van der Waals surface area (Å²) < 4.78 is 39.2. The number of nitrogens with zero attached hydrogens (tertiary/aromatic N) is 4. The fourth-order valence-electron chi connectivity index (χ4n) is 2.88. The van der Waals surface area contributed by atoms with E-state index in [-0.39, 0.29) is 23.1 Å². The SMILES string of the molecule is CCCS(=O)(=O)Nc1cc(-c2cc(C)c(=O)n(C)c2)nc(Oc2c(C)noc2C)n1. The molecule has 11 heteroatoms. The lowest BCUT2D eigenvalue weighted by Gasteiger charge is -2.12. The van der Waals surface area contributed by atoms with Crippen LogP contribution in [0.3, 0.4) is 0 Å². The van der Waals surface area contributed by atoms with Crippen LogP contribution in [0.5, 0.6) is 11.8 Å². The first-order valence-corrected chi connectivity index (χ1v) is 10.9. The zero-order chi connectivity index (χ0) is 22.1. The van der Waals surface area contributed by atoms with E-state index in [0.717, 1.165) is 0 Å². The van der Waals surface area contributed by atoms with Gasteiger partial charge in [-0.3, -0.25) is 9.52 Å². The van der Waals surface area contributed by atoms with Crippen molar-refractivity contribution in [3.05, 3.63) is 45.7 Å². The number of sulfonamides is 1. The van der Waals surface area contributed by atoms with Gasteiger partial charge in [0, 0.05) is 37.4 Å². The predicted molar refractivity (Wildman–Crippen MR) is 111 cm³/mol. The van der Waals surface area contributed by atoms with E-state index >= 15 is 0 Å². The first kappa shape index (κ1) is 21.5. The van der Waals surface area contributed by atoms with Crippen LogP contribution in [0.2, 0.25) is 0 Å². The summed E-state index contributed by atoms with van der Waals surface area (Å²) in [6, 6.07) is 3.09. The van der Waals surface area contributed by atoms with Crippen molar-refractivity contribution in [3.8, 4) is 23.0 Å². The number of pyridine rings is 1. The van der Waals surface area contributed by atoms with E-state index < -0.39 is 10.0 Å². The van der Waals surface area contributed by atoms with E-state index in [1.54, 1.807) is 47.0 Å². The Morgan fingerprint density at radius 2 is 1.93 bits per heavy atom. The summed E-state index contributed by atoms with van der Waals surface area (Å²) in [6.45, 7) is 6.85. The average molecular weight is 433 g/mol. The molecule has 0 aliphatic rings. The second-order valence-corrected chi connectivity index (χ2v) is 8.77. The van der Waals surface area contributed by atoms with Gasteiger partial charge in [0.15, 0.2) is 11.5 Å². The van der Waals surface area contributed by atoms with Gasteiger partial charge in [-0.15, -0.1) is 0 Å². The number of rotatable bonds is 7. The molecule has 0 aromatic carbocycles. The summed E-state index contributed by atoms with van der Waals surface area (Å²) >= 11 is 0. The van der Waals surface area contributed by atoms with Gasteiger partial charge in [-0.2, -0.15) is 9.97 Å². The smallest absolute Gasteiger partial charge is 0.324 e. The van der Waals surface area contributed by atoms with Gasteiger partial charge in [0.1, 0.15) is 11.5 Å². The highest BCUT2D eigenvalue weighted by Gasteiger charge is 2.18. The van der Waals surface area contributed by atoms with Gasteiger partial charge in [-0.25, -0.2) is 8.42 Å². The van der Waals surface area contributed by atoms with Crippen LogP contribution in [0.25, 0.3) is 11.3 Å². The van der Waals surface area contributed by atoms with E-state index in [0.29, 0.717) is 40.4 Å². The fraction of sp³-hybridized carbons (Fsp3) is 0.368. The van der Waals surface area contributed by atoms with Crippen molar-refractivity contribution in [2.45, 2.75) is 34.1 Å². The number of ether oxygens (including phenoxy) is 1. The number of hydrogen-bond acceptors (Lipinski definition) is 8. The predicted octanol–water partition coefficient (Wildman–Crippen LogP) is 2.70. The molecule has 10 nitrogen and oxygen atoms in total. The van der Waals surface area contributed by atoms with E-state index in [9.17, 15) is 13.2 Å². The summed E-state index contributed by atoms with van der Waals surface area (Å²) in [7, 11) is -1.95. The molecule has 0 fully saturated rings. The van der Waals surface area contributed by atoms with E-state index in [2.05, 4.69) is 19.8 Å². The Bertz CT molecular complexity index is 1200. The maximum Gasteiger partial charge on any atom is 0.324 e. The molecule has 0 aliphatic carbocycles. The standard InChI is InChI=1S/C19H23N5O5S/c1-6-7-30(26,27)23-16-9-15(14-8-11(2)18(25)24(5)10-14)20-19(21-16)28-17-12(3)22-29-13(17)4/h8-10H,6-7H2,1-5H3,(H,20,21,23). The summed E-state index contributed by atoms with van der Waals surface area (Å²) in [5.41, 5.74) is 1.89. The van der Waals surface area contributed by atoms with Gasteiger partial charge in [-0.1, -0.05) is 12.1 Å². The minimum atomic E-state index is -3.58. The highest BCUT2D eigenvalue weighted by atomic mass is 32.2. The Labute approximate surface area is 174 Å². The van der Waals surface area contributed by atoms with Crippen LogP contribution in [-0.4, -0.2) is 33.9 Å². The molecular weight excluding hydrogens is 410 g/mol. The number of hydrogen-bond donors (Lipinski definition) is 1. The molecule has 0 atom stereocenters. The Kier molecular flexibility index (Phi) is 5.92. The lowest BCUT2D eigenvalue weighted by atomic mass is 10.1. The molecule has 30 heavy (non-hydrogen) atoms. The van der Waals surface area contributed by atoms with Gasteiger partial charge >= 0.3 is 6.01 Å². The Hall–Kier alpha value is -3.21. The third-order valence-corrected chi connectivity index (χ3v) is 5.72. The topological polar surface area (TPSA) is 129 Å². The highest BCUT2D eigenvalue weighted by molar-refractivity contribution is 7.92. The molecule has 0 bridgehead atoms. The largest absolute Gasteiger partial charge is 0.418 e. The van der Waals surface area contributed by atoms with Crippen LogP contribution in [-0.2, 0) is 17.1 Å². The van der Waals surface area contributed by atoms with Gasteiger partial charge in [-0.05, 0) is 26.3 Å². The van der Waals surface area contributed by atoms with Crippen molar-refractivity contribution >= 4 is 15.8 Å². The number of anilines is 1. The van der Waals surface area contributed by atoms with Crippen molar-refractivity contribution in [1.82, 2.24) is 19.7 Å². The minimum absolute atomic E-state index is 0.0503. The summed E-state index contributed by atoms with van der Waals surface area (Å²) in [5.74, 6) is 0.797. The second kappa shape index (κ2) is 8.27. The van der Waals surface area contributed by atoms with Crippen molar-refractivity contribution < 1.29 is 17.7 Å². The second-order valence-electron chi connectivity index (χ2n) is 6.93. The van der Waals surface area contributed by atoms with Crippen molar-refractivity contribution in [2.24, 2.45) is 7.05 Å². The third kappa shape index (κ3) is 4.67. The number of nitrogens with one attached hydrogen (secondary N) is 1. The molecular formula is C19H23N5O5S. The van der Waals surface area contributed by atoms with Crippen LogP contribution in [0.1, 0.15) is 30.4 Å².